The van der Waals surface area contributed by atoms with E-state index in [1.165, 1.54) is 18.2 Å². The molecule has 6 nitrogen and oxygen atoms in total. The summed E-state index contributed by atoms with van der Waals surface area (Å²) in [5.41, 5.74) is 0.143. The highest BCUT2D eigenvalue weighted by molar-refractivity contribution is 7.90. The number of carbonyl (C=O) groups excluding carboxylic acids is 1. The molecule has 0 bridgehead atoms. The van der Waals surface area contributed by atoms with Gasteiger partial charge in [-0.3, -0.25) is 4.79 Å². The number of rotatable bonds is 4. The highest BCUT2D eigenvalue weighted by atomic mass is 35.5. The molecule has 1 aromatic heterocycles. The van der Waals surface area contributed by atoms with Crippen molar-refractivity contribution >= 4 is 27.2 Å². The van der Waals surface area contributed by atoms with E-state index in [4.69, 9.17) is 21.4 Å². The minimum absolute atomic E-state index is 0.00441. The molecule has 0 unspecified atom stereocenters. The molecule has 0 N–H and O–H groups in total. The Kier molecular flexibility index (Phi) is 3.74. The Hall–Kier alpha value is -2.17. The zero-order chi connectivity index (χ0) is 16.8. The molecular weight excluding hydrogens is 340 g/mol. The lowest BCUT2D eigenvalue weighted by molar-refractivity contribution is 0.103. The molecule has 0 radical (unpaired) electrons. The normalized spacial score (nSPS) is 14.5. The van der Waals surface area contributed by atoms with Crippen LogP contribution in [0, 0.1) is 11.3 Å². The molecule has 1 heterocycles. The van der Waals surface area contributed by atoms with Crippen molar-refractivity contribution in [3.05, 3.63) is 45.8 Å². The fourth-order valence-electron chi connectivity index (χ4n) is 2.27. The summed E-state index contributed by atoms with van der Waals surface area (Å²) in [5, 5.41) is 12.8. The third-order valence-electron chi connectivity index (χ3n) is 3.61. The molecule has 0 spiro atoms. The topological polar surface area (TPSA) is 101 Å². The molecule has 2 aromatic rings. The third kappa shape index (κ3) is 2.87. The minimum Gasteiger partial charge on any atom is -0.359 e. The van der Waals surface area contributed by atoms with E-state index >= 15 is 0 Å². The Balaban J connectivity index is 2.08. The fourth-order valence-corrected chi connectivity index (χ4v) is 3.25. The molecule has 3 rings (SSSR count). The second-order valence-corrected chi connectivity index (χ2v) is 7.82. The van der Waals surface area contributed by atoms with Crippen LogP contribution in [0.2, 0.25) is 5.02 Å². The standard InChI is InChI=1S/C15H11ClN2O4S/c1-23(20,21)9-4-5-10(11(16)6-9)14(19)13-12(7-17)18-22-15(13)8-2-3-8/h4-6,8H,2-3H2,1H3. The summed E-state index contributed by atoms with van der Waals surface area (Å²) in [6.07, 6.45) is 2.81. The molecule has 8 heteroatoms. The van der Waals surface area contributed by atoms with E-state index in [0.29, 0.717) is 5.76 Å². The quantitative estimate of drug-likeness (QED) is 0.786. The smallest absolute Gasteiger partial charge is 0.201 e. The van der Waals surface area contributed by atoms with Crippen LogP contribution in [0.25, 0.3) is 0 Å². The van der Waals surface area contributed by atoms with Crippen molar-refractivity contribution < 1.29 is 17.7 Å². The van der Waals surface area contributed by atoms with Crippen LogP contribution in [-0.2, 0) is 9.84 Å². The van der Waals surface area contributed by atoms with Gasteiger partial charge in [0.2, 0.25) is 5.78 Å². The van der Waals surface area contributed by atoms with E-state index < -0.39 is 15.6 Å². The van der Waals surface area contributed by atoms with Crippen LogP contribution in [0.15, 0.2) is 27.6 Å². The second kappa shape index (κ2) is 5.48. The summed E-state index contributed by atoms with van der Waals surface area (Å²) in [7, 11) is -3.42. The molecule has 118 valence electrons. The van der Waals surface area contributed by atoms with E-state index in [1.807, 2.05) is 6.07 Å². The van der Waals surface area contributed by atoms with Crippen molar-refractivity contribution in [1.82, 2.24) is 5.16 Å². The van der Waals surface area contributed by atoms with Crippen LogP contribution >= 0.6 is 11.6 Å². The average Bonchev–Trinajstić information content (AvgIpc) is 3.24. The van der Waals surface area contributed by atoms with Crippen LogP contribution in [-0.4, -0.2) is 25.6 Å². The molecule has 0 amide bonds. The first kappa shape index (κ1) is 15.7. The van der Waals surface area contributed by atoms with Crippen LogP contribution in [0.1, 0.15) is 46.1 Å². The van der Waals surface area contributed by atoms with Crippen molar-refractivity contribution in [3.63, 3.8) is 0 Å². The lowest BCUT2D eigenvalue weighted by Gasteiger charge is -2.05. The summed E-state index contributed by atoms with van der Waals surface area (Å²) < 4.78 is 28.2. The number of nitriles is 1. The van der Waals surface area contributed by atoms with E-state index in [1.54, 1.807) is 0 Å². The molecule has 0 saturated heterocycles. The summed E-state index contributed by atoms with van der Waals surface area (Å²) in [5.74, 6) is 0.00201. The number of ketones is 1. The zero-order valence-electron chi connectivity index (χ0n) is 12.0. The number of carbonyl (C=O) groups is 1. The van der Waals surface area contributed by atoms with Gasteiger partial charge in [0, 0.05) is 17.7 Å². The lowest BCUT2D eigenvalue weighted by atomic mass is 10.00. The van der Waals surface area contributed by atoms with Gasteiger partial charge in [0.1, 0.15) is 11.6 Å². The summed E-state index contributed by atoms with van der Waals surface area (Å²) >= 11 is 6.07. The van der Waals surface area contributed by atoms with E-state index in [-0.39, 0.29) is 32.7 Å². The first-order valence-corrected chi connectivity index (χ1v) is 9.04. The van der Waals surface area contributed by atoms with Crippen molar-refractivity contribution in [1.29, 1.82) is 5.26 Å². The Morgan fingerprint density at radius 1 is 1.43 bits per heavy atom. The Bertz CT molecular complexity index is 952. The van der Waals surface area contributed by atoms with Gasteiger partial charge < -0.3 is 4.52 Å². The van der Waals surface area contributed by atoms with Crippen molar-refractivity contribution in [2.45, 2.75) is 23.7 Å². The number of sulfone groups is 1. The lowest BCUT2D eigenvalue weighted by Crippen LogP contribution is -2.07. The molecule has 1 aliphatic rings. The molecule has 1 aliphatic carbocycles. The van der Waals surface area contributed by atoms with E-state index in [0.717, 1.165) is 19.1 Å². The highest BCUT2D eigenvalue weighted by Crippen LogP contribution is 2.43. The highest BCUT2D eigenvalue weighted by Gasteiger charge is 2.35. The SMILES string of the molecule is CS(=O)(=O)c1ccc(C(=O)c2c(C#N)noc2C2CC2)c(Cl)c1. The number of hydrogen-bond donors (Lipinski definition) is 0. The van der Waals surface area contributed by atoms with Gasteiger partial charge in [-0.25, -0.2) is 8.42 Å². The zero-order valence-corrected chi connectivity index (χ0v) is 13.6. The van der Waals surface area contributed by atoms with Crippen LogP contribution in [0.5, 0.6) is 0 Å². The first-order valence-electron chi connectivity index (χ1n) is 6.77. The Morgan fingerprint density at radius 3 is 2.65 bits per heavy atom. The number of nitrogens with zero attached hydrogens (tertiary/aromatic N) is 2. The van der Waals surface area contributed by atoms with E-state index in [9.17, 15) is 13.2 Å². The molecule has 0 aliphatic heterocycles. The van der Waals surface area contributed by atoms with Gasteiger partial charge in [0.15, 0.2) is 21.3 Å². The van der Waals surface area contributed by atoms with Gasteiger partial charge in [-0.05, 0) is 31.0 Å². The second-order valence-electron chi connectivity index (χ2n) is 5.40. The molecule has 1 fully saturated rings. The summed E-state index contributed by atoms with van der Waals surface area (Å²) in [6.45, 7) is 0. The summed E-state index contributed by atoms with van der Waals surface area (Å²) in [4.78, 5) is 12.8. The maximum atomic E-state index is 12.7. The van der Waals surface area contributed by atoms with E-state index in [2.05, 4.69) is 5.16 Å². The molecule has 23 heavy (non-hydrogen) atoms. The third-order valence-corrected chi connectivity index (χ3v) is 5.04. The van der Waals surface area contributed by atoms with Gasteiger partial charge >= 0.3 is 0 Å². The van der Waals surface area contributed by atoms with Gasteiger partial charge in [-0.1, -0.05) is 16.8 Å². The summed E-state index contributed by atoms with van der Waals surface area (Å²) in [6, 6.07) is 5.71. The molecule has 1 aromatic carbocycles. The molecule has 1 saturated carbocycles. The fraction of sp³-hybridized carbons (Fsp3) is 0.267. The molecule has 0 atom stereocenters. The number of benzene rings is 1. The first-order chi connectivity index (χ1) is 10.8. The van der Waals surface area contributed by atoms with Gasteiger partial charge in [0.25, 0.3) is 0 Å². The monoisotopic (exact) mass is 350 g/mol. The average molecular weight is 351 g/mol. The predicted octanol–water partition coefficient (Wildman–Crippen LogP) is 2.71. The van der Waals surface area contributed by atoms with Crippen LogP contribution in [0.4, 0.5) is 0 Å². The minimum atomic E-state index is -3.42. The molecular formula is C15H11ClN2O4S. The van der Waals surface area contributed by atoms with Gasteiger partial charge in [0.05, 0.1) is 9.92 Å². The van der Waals surface area contributed by atoms with Gasteiger partial charge in [-0.2, -0.15) is 5.26 Å². The van der Waals surface area contributed by atoms with Gasteiger partial charge in [-0.15, -0.1) is 0 Å². The largest absolute Gasteiger partial charge is 0.359 e. The van der Waals surface area contributed by atoms with Crippen molar-refractivity contribution in [2.24, 2.45) is 0 Å². The van der Waals surface area contributed by atoms with Crippen LogP contribution in [0.3, 0.4) is 0 Å². The van der Waals surface area contributed by atoms with Crippen LogP contribution < -0.4 is 0 Å². The number of halogens is 1. The maximum absolute atomic E-state index is 12.7. The van der Waals surface area contributed by atoms with Crippen molar-refractivity contribution in [3.8, 4) is 6.07 Å². The Labute approximate surface area is 137 Å². The Morgan fingerprint density at radius 2 is 2.13 bits per heavy atom. The maximum Gasteiger partial charge on any atom is 0.201 e. The van der Waals surface area contributed by atoms with Crippen molar-refractivity contribution in [2.75, 3.05) is 6.26 Å². The number of hydrogen-bond acceptors (Lipinski definition) is 6. The predicted molar refractivity (Wildman–Crippen MR) is 81.2 cm³/mol. The number of aromatic nitrogens is 1.